The van der Waals surface area contributed by atoms with Crippen LogP contribution in [0, 0.1) is 5.92 Å². The summed E-state index contributed by atoms with van der Waals surface area (Å²) in [6, 6.07) is 7.60. The lowest BCUT2D eigenvalue weighted by atomic mass is 9.85. The first kappa shape index (κ1) is 14.6. The van der Waals surface area contributed by atoms with Gasteiger partial charge in [0.05, 0.1) is 0 Å². The van der Waals surface area contributed by atoms with Gasteiger partial charge in [-0.15, -0.1) is 0 Å². The van der Waals surface area contributed by atoms with Crippen molar-refractivity contribution in [3.05, 3.63) is 29.8 Å². The second-order valence-electron chi connectivity index (χ2n) is 5.74. The van der Waals surface area contributed by atoms with Crippen LogP contribution in [0.4, 0.5) is 5.69 Å². The molecule has 0 spiro atoms. The molecule has 1 aromatic rings. The smallest absolute Gasteiger partial charge is 0.313 e. The molecule has 1 saturated carbocycles. The molecule has 0 bridgehead atoms. The molecule has 20 heavy (non-hydrogen) atoms. The van der Waals surface area contributed by atoms with Crippen molar-refractivity contribution in [2.75, 3.05) is 11.9 Å². The van der Waals surface area contributed by atoms with E-state index in [1.54, 1.807) is 6.07 Å². The third-order valence-electron chi connectivity index (χ3n) is 3.79. The summed E-state index contributed by atoms with van der Waals surface area (Å²) < 4.78 is 0. The van der Waals surface area contributed by atoms with Gasteiger partial charge in [-0.05, 0) is 42.4 Å². The molecule has 2 N–H and O–H groups in total. The van der Waals surface area contributed by atoms with Crippen LogP contribution in [0.15, 0.2) is 24.3 Å². The van der Waals surface area contributed by atoms with Crippen LogP contribution in [0.2, 0.25) is 0 Å². The van der Waals surface area contributed by atoms with Gasteiger partial charge < -0.3 is 10.6 Å². The lowest BCUT2D eigenvalue weighted by Crippen LogP contribution is -2.39. The molecule has 1 aliphatic rings. The highest BCUT2D eigenvalue weighted by molar-refractivity contribution is 6.39. The number of carbonyl (C=O) groups excluding carboxylic acids is 2. The largest absolute Gasteiger partial charge is 0.348 e. The number of rotatable bonds is 4. The summed E-state index contributed by atoms with van der Waals surface area (Å²) in [6.07, 6.45) is 3.53. The van der Waals surface area contributed by atoms with Gasteiger partial charge in [0.1, 0.15) is 0 Å². The molecule has 0 aliphatic heterocycles. The van der Waals surface area contributed by atoms with Crippen molar-refractivity contribution in [1.82, 2.24) is 5.32 Å². The van der Waals surface area contributed by atoms with Gasteiger partial charge in [-0.3, -0.25) is 9.59 Å². The lowest BCUT2D eigenvalue weighted by molar-refractivity contribution is -0.136. The Bertz CT molecular complexity index is 493. The summed E-state index contributed by atoms with van der Waals surface area (Å²) in [5, 5.41) is 5.34. The van der Waals surface area contributed by atoms with Crippen molar-refractivity contribution in [3.8, 4) is 0 Å². The molecule has 0 radical (unpaired) electrons. The molecular formula is C16H22N2O2. The van der Waals surface area contributed by atoms with Crippen molar-refractivity contribution in [1.29, 1.82) is 0 Å². The normalized spacial score (nSPS) is 14.8. The van der Waals surface area contributed by atoms with E-state index >= 15 is 0 Å². The molecule has 0 aromatic heterocycles. The molecule has 4 nitrogen and oxygen atoms in total. The zero-order valence-corrected chi connectivity index (χ0v) is 12.1. The van der Waals surface area contributed by atoms with Gasteiger partial charge in [0.15, 0.2) is 0 Å². The average Bonchev–Trinajstić information content (AvgIpc) is 2.37. The van der Waals surface area contributed by atoms with E-state index in [0.717, 1.165) is 18.4 Å². The molecule has 0 saturated heterocycles. The van der Waals surface area contributed by atoms with Crippen molar-refractivity contribution in [2.24, 2.45) is 5.92 Å². The molecule has 1 aliphatic carbocycles. The molecule has 0 unspecified atom stereocenters. The SMILES string of the molecule is CC(C)c1cccc(NC(=O)C(=O)NCC2CCC2)c1. The fourth-order valence-electron chi connectivity index (χ4n) is 2.18. The van der Waals surface area contributed by atoms with Crippen LogP contribution in [-0.4, -0.2) is 18.4 Å². The molecule has 2 rings (SSSR count). The third kappa shape index (κ3) is 3.83. The van der Waals surface area contributed by atoms with E-state index in [4.69, 9.17) is 0 Å². The van der Waals surface area contributed by atoms with E-state index in [1.165, 1.54) is 6.42 Å². The van der Waals surface area contributed by atoms with E-state index in [9.17, 15) is 9.59 Å². The van der Waals surface area contributed by atoms with E-state index in [1.807, 2.05) is 18.2 Å². The van der Waals surface area contributed by atoms with Crippen LogP contribution >= 0.6 is 0 Å². The van der Waals surface area contributed by atoms with Crippen LogP contribution in [0.1, 0.15) is 44.6 Å². The standard InChI is InChI=1S/C16H22N2O2/c1-11(2)13-7-4-8-14(9-13)18-16(20)15(19)17-10-12-5-3-6-12/h4,7-9,11-12H,3,5-6,10H2,1-2H3,(H,17,19)(H,18,20). The predicted molar refractivity (Wildman–Crippen MR) is 79.5 cm³/mol. The van der Waals surface area contributed by atoms with Crippen LogP contribution in [0.3, 0.4) is 0 Å². The summed E-state index contributed by atoms with van der Waals surface area (Å²) in [7, 11) is 0. The van der Waals surface area contributed by atoms with E-state index in [-0.39, 0.29) is 0 Å². The highest BCUT2D eigenvalue weighted by Gasteiger charge is 2.20. The summed E-state index contributed by atoms with van der Waals surface area (Å²) in [6.45, 7) is 4.79. The topological polar surface area (TPSA) is 58.2 Å². The minimum absolute atomic E-state index is 0.388. The van der Waals surface area contributed by atoms with Gasteiger partial charge in [-0.25, -0.2) is 0 Å². The van der Waals surface area contributed by atoms with Crippen molar-refractivity contribution in [3.63, 3.8) is 0 Å². The number of anilines is 1. The first-order valence-corrected chi connectivity index (χ1v) is 7.25. The first-order valence-electron chi connectivity index (χ1n) is 7.25. The number of nitrogens with one attached hydrogen (secondary N) is 2. The van der Waals surface area contributed by atoms with Crippen LogP contribution in [0.25, 0.3) is 0 Å². The minimum atomic E-state index is -0.592. The van der Waals surface area contributed by atoms with Crippen molar-refractivity contribution >= 4 is 17.5 Å². The second kappa shape index (κ2) is 6.55. The van der Waals surface area contributed by atoms with Gasteiger partial charge in [0.2, 0.25) is 0 Å². The Balaban J connectivity index is 1.86. The molecule has 1 aromatic carbocycles. The molecule has 1 fully saturated rings. The molecule has 2 amide bonds. The average molecular weight is 274 g/mol. The number of hydrogen-bond acceptors (Lipinski definition) is 2. The summed E-state index contributed by atoms with van der Waals surface area (Å²) in [5.41, 5.74) is 1.80. The maximum atomic E-state index is 11.8. The molecule has 4 heteroatoms. The third-order valence-corrected chi connectivity index (χ3v) is 3.79. The summed E-state index contributed by atoms with van der Waals surface area (Å²) >= 11 is 0. The molecule has 0 heterocycles. The number of amides is 2. The Morgan fingerprint density at radius 3 is 2.60 bits per heavy atom. The fraction of sp³-hybridized carbons (Fsp3) is 0.500. The quantitative estimate of drug-likeness (QED) is 0.829. The Morgan fingerprint density at radius 1 is 1.25 bits per heavy atom. The minimum Gasteiger partial charge on any atom is -0.348 e. The molecule has 0 atom stereocenters. The van der Waals surface area contributed by atoms with Gasteiger partial charge in [0.25, 0.3) is 0 Å². The summed E-state index contributed by atoms with van der Waals surface area (Å²) in [5.74, 6) is -0.201. The fourth-order valence-corrected chi connectivity index (χ4v) is 2.18. The van der Waals surface area contributed by atoms with Crippen LogP contribution in [-0.2, 0) is 9.59 Å². The summed E-state index contributed by atoms with van der Waals surface area (Å²) in [4.78, 5) is 23.5. The number of carbonyl (C=O) groups is 2. The predicted octanol–water partition coefficient (Wildman–Crippen LogP) is 2.66. The molecular weight excluding hydrogens is 252 g/mol. The number of benzene rings is 1. The van der Waals surface area contributed by atoms with Crippen LogP contribution < -0.4 is 10.6 Å². The zero-order valence-electron chi connectivity index (χ0n) is 12.1. The van der Waals surface area contributed by atoms with E-state index < -0.39 is 11.8 Å². The maximum Gasteiger partial charge on any atom is 0.313 e. The highest BCUT2D eigenvalue weighted by atomic mass is 16.2. The Kier molecular flexibility index (Phi) is 4.77. The molecule has 108 valence electrons. The van der Waals surface area contributed by atoms with E-state index in [0.29, 0.717) is 24.1 Å². The Morgan fingerprint density at radius 2 is 2.00 bits per heavy atom. The zero-order chi connectivity index (χ0) is 14.5. The van der Waals surface area contributed by atoms with Crippen LogP contribution in [0.5, 0.6) is 0 Å². The van der Waals surface area contributed by atoms with Crippen molar-refractivity contribution < 1.29 is 9.59 Å². The van der Waals surface area contributed by atoms with Gasteiger partial charge in [-0.1, -0.05) is 32.4 Å². The van der Waals surface area contributed by atoms with Gasteiger partial charge >= 0.3 is 11.8 Å². The maximum absolute atomic E-state index is 11.8. The monoisotopic (exact) mass is 274 g/mol. The first-order chi connectivity index (χ1) is 9.56. The van der Waals surface area contributed by atoms with E-state index in [2.05, 4.69) is 24.5 Å². The van der Waals surface area contributed by atoms with Gasteiger partial charge in [-0.2, -0.15) is 0 Å². The second-order valence-corrected chi connectivity index (χ2v) is 5.74. The highest BCUT2D eigenvalue weighted by Crippen LogP contribution is 2.25. The van der Waals surface area contributed by atoms with Gasteiger partial charge in [0, 0.05) is 12.2 Å². The van der Waals surface area contributed by atoms with Crippen molar-refractivity contribution in [2.45, 2.75) is 39.0 Å². The Hall–Kier alpha value is -1.84. The Labute approximate surface area is 119 Å². The number of hydrogen-bond donors (Lipinski definition) is 2. The lowest BCUT2D eigenvalue weighted by Gasteiger charge is -2.25.